The third kappa shape index (κ3) is 6.51. The molecule has 0 saturated carbocycles. The molecule has 2 saturated heterocycles. The van der Waals surface area contributed by atoms with Gasteiger partial charge in [0.25, 0.3) is 0 Å². The van der Waals surface area contributed by atoms with Crippen molar-refractivity contribution in [3.8, 4) is 5.75 Å². The maximum absolute atomic E-state index is 5.38. The van der Waals surface area contributed by atoms with Crippen LogP contribution in [0.1, 0.15) is 12.0 Å². The molecule has 0 radical (unpaired) electrons. The zero-order valence-corrected chi connectivity index (χ0v) is 21.6. The highest BCUT2D eigenvalue weighted by molar-refractivity contribution is 14.0. The number of anilines is 1. The fourth-order valence-corrected chi connectivity index (χ4v) is 4.57. The largest absolute Gasteiger partial charge is 0.497 e. The van der Waals surface area contributed by atoms with Crippen molar-refractivity contribution < 1.29 is 4.74 Å². The third-order valence-corrected chi connectivity index (χ3v) is 6.39. The minimum Gasteiger partial charge on any atom is -0.497 e. The second kappa shape index (κ2) is 12.3. The number of nitrogens with zero attached hydrogens (tertiary/aromatic N) is 4. The highest BCUT2D eigenvalue weighted by Crippen LogP contribution is 2.26. The van der Waals surface area contributed by atoms with Gasteiger partial charge in [-0.25, -0.2) is 0 Å². The van der Waals surface area contributed by atoms with Gasteiger partial charge in [0, 0.05) is 71.2 Å². The van der Waals surface area contributed by atoms with Gasteiger partial charge < -0.3 is 19.9 Å². The molecule has 0 bridgehead atoms. The maximum Gasteiger partial charge on any atom is 0.193 e. The Morgan fingerprint density at radius 2 is 1.81 bits per heavy atom. The third-order valence-electron chi connectivity index (χ3n) is 6.39. The van der Waals surface area contributed by atoms with Crippen LogP contribution in [0.3, 0.4) is 0 Å². The number of guanidine groups is 1. The van der Waals surface area contributed by atoms with Gasteiger partial charge in [0.2, 0.25) is 0 Å². The number of aliphatic imine (C=N–C) groups is 1. The van der Waals surface area contributed by atoms with Crippen LogP contribution in [0.15, 0.2) is 59.6 Å². The molecular formula is C25H36IN5O. The normalized spacial score (nSPS) is 19.6. The molecule has 2 fully saturated rings. The lowest BCUT2D eigenvalue weighted by atomic mass is 10.1. The summed E-state index contributed by atoms with van der Waals surface area (Å²) in [5.41, 5.74) is 2.64. The number of methoxy groups -OCH3 is 1. The highest BCUT2D eigenvalue weighted by Gasteiger charge is 2.25. The predicted octanol–water partition coefficient (Wildman–Crippen LogP) is 3.53. The van der Waals surface area contributed by atoms with E-state index in [0.717, 1.165) is 64.1 Å². The summed E-state index contributed by atoms with van der Waals surface area (Å²) in [5.74, 6) is 2.59. The van der Waals surface area contributed by atoms with Crippen molar-refractivity contribution >= 4 is 35.6 Å². The van der Waals surface area contributed by atoms with Crippen LogP contribution in [-0.4, -0.2) is 75.7 Å². The molecule has 0 spiro atoms. The van der Waals surface area contributed by atoms with Crippen molar-refractivity contribution in [2.75, 3.05) is 64.9 Å². The van der Waals surface area contributed by atoms with E-state index in [2.05, 4.69) is 73.5 Å². The molecule has 1 unspecified atom stereocenters. The summed E-state index contributed by atoms with van der Waals surface area (Å²) < 4.78 is 5.38. The van der Waals surface area contributed by atoms with Crippen LogP contribution >= 0.6 is 24.0 Å². The Labute approximate surface area is 209 Å². The zero-order chi connectivity index (χ0) is 21.5. The molecule has 4 rings (SSSR count). The standard InChI is InChI=1S/C25H35N5O.HI/c1-26-25(29-15-13-28(14-16-29)19-21-7-4-3-5-8-21)27-18-22-11-12-30(20-22)23-9-6-10-24(17-23)31-2;/h3-10,17,22H,11-16,18-20H2,1-2H3,(H,26,27);1H. The summed E-state index contributed by atoms with van der Waals surface area (Å²) in [5, 5.41) is 3.65. The maximum atomic E-state index is 5.38. The molecule has 1 N–H and O–H groups in total. The lowest BCUT2D eigenvalue weighted by Gasteiger charge is -2.36. The van der Waals surface area contributed by atoms with Gasteiger partial charge in [0.1, 0.15) is 5.75 Å². The Balaban J connectivity index is 0.00000289. The average Bonchev–Trinajstić information content (AvgIpc) is 3.30. The molecule has 174 valence electrons. The van der Waals surface area contributed by atoms with E-state index in [9.17, 15) is 0 Å². The van der Waals surface area contributed by atoms with Crippen LogP contribution in [-0.2, 0) is 6.54 Å². The number of halogens is 1. The number of nitrogens with one attached hydrogen (secondary N) is 1. The number of hydrogen-bond acceptors (Lipinski definition) is 4. The van der Waals surface area contributed by atoms with E-state index in [1.54, 1.807) is 7.11 Å². The SMILES string of the molecule is CN=C(NCC1CCN(c2cccc(OC)c2)C1)N1CCN(Cc2ccccc2)CC1.I. The van der Waals surface area contributed by atoms with Crippen molar-refractivity contribution in [3.63, 3.8) is 0 Å². The van der Waals surface area contributed by atoms with Gasteiger partial charge in [-0.1, -0.05) is 36.4 Å². The van der Waals surface area contributed by atoms with Gasteiger partial charge >= 0.3 is 0 Å². The average molecular weight is 550 g/mol. The molecule has 2 aliphatic rings. The van der Waals surface area contributed by atoms with Crippen molar-refractivity contribution in [1.29, 1.82) is 0 Å². The fourth-order valence-electron chi connectivity index (χ4n) is 4.57. The number of piperazine rings is 1. The molecule has 0 amide bonds. The second-order valence-electron chi connectivity index (χ2n) is 8.48. The van der Waals surface area contributed by atoms with Crippen LogP contribution in [0, 0.1) is 5.92 Å². The fraction of sp³-hybridized carbons (Fsp3) is 0.480. The van der Waals surface area contributed by atoms with Crippen LogP contribution in [0.4, 0.5) is 5.69 Å². The number of rotatable bonds is 6. The quantitative estimate of drug-likeness (QED) is 0.340. The lowest BCUT2D eigenvalue weighted by Crippen LogP contribution is -2.52. The molecule has 2 aromatic carbocycles. The van der Waals surface area contributed by atoms with Crippen molar-refractivity contribution in [2.45, 2.75) is 13.0 Å². The van der Waals surface area contributed by atoms with Crippen LogP contribution < -0.4 is 15.0 Å². The van der Waals surface area contributed by atoms with Gasteiger partial charge in [-0.05, 0) is 30.0 Å². The smallest absolute Gasteiger partial charge is 0.193 e. The highest BCUT2D eigenvalue weighted by atomic mass is 127. The summed E-state index contributed by atoms with van der Waals surface area (Å²) in [6.45, 7) is 8.35. The van der Waals surface area contributed by atoms with Gasteiger partial charge in [-0.2, -0.15) is 0 Å². The molecule has 0 aromatic heterocycles. The predicted molar refractivity (Wildman–Crippen MR) is 143 cm³/mol. The summed E-state index contributed by atoms with van der Waals surface area (Å²) in [7, 11) is 3.62. The Morgan fingerprint density at radius 1 is 1.03 bits per heavy atom. The first-order chi connectivity index (χ1) is 15.2. The zero-order valence-electron chi connectivity index (χ0n) is 19.2. The topological polar surface area (TPSA) is 43.3 Å². The van der Waals surface area contributed by atoms with E-state index in [0.29, 0.717) is 5.92 Å². The summed E-state index contributed by atoms with van der Waals surface area (Å²) in [4.78, 5) is 12.0. The van der Waals surface area contributed by atoms with E-state index >= 15 is 0 Å². The monoisotopic (exact) mass is 549 g/mol. The van der Waals surface area contributed by atoms with Crippen LogP contribution in [0.5, 0.6) is 5.75 Å². The first-order valence-corrected chi connectivity index (χ1v) is 11.4. The molecule has 2 heterocycles. The first kappa shape index (κ1) is 24.6. The molecule has 32 heavy (non-hydrogen) atoms. The number of hydrogen-bond donors (Lipinski definition) is 1. The first-order valence-electron chi connectivity index (χ1n) is 11.4. The minimum atomic E-state index is 0. The molecule has 0 aliphatic carbocycles. The Hall–Kier alpha value is -2.00. The van der Waals surface area contributed by atoms with E-state index in [4.69, 9.17) is 4.74 Å². The van der Waals surface area contributed by atoms with Gasteiger partial charge in [-0.3, -0.25) is 9.89 Å². The Kier molecular flexibility index (Phi) is 9.47. The second-order valence-corrected chi connectivity index (χ2v) is 8.48. The van der Waals surface area contributed by atoms with Crippen LogP contribution in [0.2, 0.25) is 0 Å². The van der Waals surface area contributed by atoms with Crippen molar-refractivity contribution in [2.24, 2.45) is 10.9 Å². The van der Waals surface area contributed by atoms with Gasteiger partial charge in [0.15, 0.2) is 5.96 Å². The molecular weight excluding hydrogens is 513 g/mol. The van der Waals surface area contributed by atoms with Gasteiger partial charge in [0.05, 0.1) is 7.11 Å². The molecule has 2 aromatic rings. The Bertz CT molecular complexity index is 854. The minimum absolute atomic E-state index is 0. The number of benzene rings is 2. The van der Waals surface area contributed by atoms with Gasteiger partial charge in [-0.15, -0.1) is 24.0 Å². The molecule has 2 aliphatic heterocycles. The van der Waals surface area contributed by atoms with E-state index in [-0.39, 0.29) is 24.0 Å². The Morgan fingerprint density at radius 3 is 2.53 bits per heavy atom. The van der Waals surface area contributed by atoms with E-state index < -0.39 is 0 Å². The molecule has 6 nitrogen and oxygen atoms in total. The van der Waals surface area contributed by atoms with Crippen molar-refractivity contribution in [3.05, 3.63) is 60.2 Å². The molecule has 1 atom stereocenters. The van der Waals surface area contributed by atoms with Crippen molar-refractivity contribution in [1.82, 2.24) is 15.1 Å². The molecule has 7 heteroatoms. The van der Waals surface area contributed by atoms with E-state index in [1.165, 1.54) is 17.7 Å². The number of ether oxygens (including phenoxy) is 1. The summed E-state index contributed by atoms with van der Waals surface area (Å²) >= 11 is 0. The van der Waals surface area contributed by atoms with Crippen LogP contribution in [0.25, 0.3) is 0 Å². The summed E-state index contributed by atoms with van der Waals surface area (Å²) in [6, 6.07) is 19.1. The lowest BCUT2D eigenvalue weighted by molar-refractivity contribution is 0.172. The summed E-state index contributed by atoms with van der Waals surface area (Å²) in [6.07, 6.45) is 1.20. The van der Waals surface area contributed by atoms with E-state index in [1.807, 2.05) is 13.1 Å².